The highest BCUT2D eigenvalue weighted by Gasteiger charge is 2.31. The van der Waals surface area contributed by atoms with Gasteiger partial charge in [0.05, 0.1) is 18.8 Å². The van der Waals surface area contributed by atoms with Crippen LogP contribution in [-0.2, 0) is 9.59 Å². The Kier molecular flexibility index (Phi) is 6.76. The number of nitrogens with zero attached hydrogens (tertiary/aromatic N) is 1. The lowest BCUT2D eigenvalue weighted by Gasteiger charge is -2.35. The second-order valence-electron chi connectivity index (χ2n) is 6.66. The van der Waals surface area contributed by atoms with Crippen LogP contribution in [0.1, 0.15) is 19.8 Å². The number of nitrogens with one attached hydrogen (secondary N) is 2. The molecule has 0 aromatic heterocycles. The largest absolute Gasteiger partial charge is 0.477 e. The van der Waals surface area contributed by atoms with E-state index in [1.165, 1.54) is 0 Å². The highest BCUT2D eigenvalue weighted by atomic mass is 35.5. The van der Waals surface area contributed by atoms with Crippen molar-refractivity contribution in [1.29, 1.82) is 0 Å². The van der Waals surface area contributed by atoms with Crippen LogP contribution in [0.4, 0.5) is 11.4 Å². The molecule has 148 valence electrons. The number of ether oxygens (including phenoxy) is 1. The van der Waals surface area contributed by atoms with Gasteiger partial charge in [0.1, 0.15) is 5.75 Å². The topological polar surface area (TPSA) is 70.7 Å². The van der Waals surface area contributed by atoms with E-state index in [9.17, 15) is 9.59 Å². The molecule has 1 aliphatic rings. The number of carbonyl (C=O) groups excluding carboxylic acids is 2. The van der Waals surface area contributed by atoms with Gasteiger partial charge in [-0.3, -0.25) is 9.59 Å². The molecule has 0 radical (unpaired) electrons. The molecular weight excluding hydrogens is 378 g/mol. The van der Waals surface area contributed by atoms with E-state index in [2.05, 4.69) is 17.6 Å². The maximum atomic E-state index is 12.6. The minimum Gasteiger partial charge on any atom is -0.477 e. The molecule has 2 aromatic rings. The van der Waals surface area contributed by atoms with E-state index < -0.39 is 6.10 Å². The van der Waals surface area contributed by atoms with Gasteiger partial charge in [0.15, 0.2) is 6.10 Å². The molecule has 7 heteroatoms. The molecule has 1 aliphatic heterocycles. The number of unbranched alkanes of at least 4 members (excludes halogenated alkanes) is 1. The van der Waals surface area contributed by atoms with Gasteiger partial charge in [0.25, 0.3) is 5.91 Å². The smallest absolute Gasteiger partial charge is 0.262 e. The molecule has 6 nitrogen and oxygen atoms in total. The van der Waals surface area contributed by atoms with Crippen molar-refractivity contribution in [3.05, 3.63) is 53.6 Å². The minimum atomic E-state index is -0.661. The number of amides is 2. The molecule has 0 aliphatic carbocycles. The van der Waals surface area contributed by atoms with E-state index in [4.69, 9.17) is 16.3 Å². The van der Waals surface area contributed by atoms with Crippen molar-refractivity contribution >= 4 is 34.8 Å². The lowest BCUT2D eigenvalue weighted by atomic mass is 10.1. The zero-order valence-corrected chi connectivity index (χ0v) is 16.5. The van der Waals surface area contributed by atoms with Gasteiger partial charge in [-0.2, -0.15) is 0 Å². The predicted octanol–water partition coefficient (Wildman–Crippen LogP) is 3.46. The summed E-state index contributed by atoms with van der Waals surface area (Å²) in [6, 6.07) is 14.4. The van der Waals surface area contributed by atoms with E-state index in [1.54, 1.807) is 24.3 Å². The summed E-state index contributed by atoms with van der Waals surface area (Å²) in [4.78, 5) is 26.9. The summed E-state index contributed by atoms with van der Waals surface area (Å²) in [6.45, 7) is 3.09. The van der Waals surface area contributed by atoms with E-state index in [0.29, 0.717) is 29.5 Å². The Bertz CT molecular complexity index is 843. The lowest BCUT2D eigenvalue weighted by Crippen LogP contribution is -2.50. The summed E-state index contributed by atoms with van der Waals surface area (Å²) < 4.78 is 5.87. The number of benzene rings is 2. The first-order valence-electron chi connectivity index (χ1n) is 9.40. The molecule has 0 bridgehead atoms. The van der Waals surface area contributed by atoms with Gasteiger partial charge in [0, 0.05) is 17.3 Å². The van der Waals surface area contributed by atoms with Crippen molar-refractivity contribution in [2.75, 3.05) is 29.9 Å². The van der Waals surface area contributed by atoms with Crippen LogP contribution < -0.4 is 20.3 Å². The monoisotopic (exact) mass is 401 g/mol. The predicted molar refractivity (Wildman–Crippen MR) is 111 cm³/mol. The highest BCUT2D eigenvalue weighted by molar-refractivity contribution is 6.30. The Morgan fingerprint density at radius 2 is 2.04 bits per heavy atom. The van der Waals surface area contributed by atoms with Crippen LogP contribution >= 0.6 is 11.6 Å². The number of rotatable bonds is 7. The Hall–Kier alpha value is -2.73. The van der Waals surface area contributed by atoms with Gasteiger partial charge < -0.3 is 20.3 Å². The number of fused-ring (bicyclic) bond motifs is 1. The first kappa shape index (κ1) is 20.0. The molecule has 2 N–H and O–H groups in total. The second-order valence-corrected chi connectivity index (χ2v) is 7.09. The van der Waals surface area contributed by atoms with Crippen LogP contribution in [0.2, 0.25) is 5.02 Å². The Morgan fingerprint density at radius 1 is 1.21 bits per heavy atom. The van der Waals surface area contributed by atoms with Crippen molar-refractivity contribution in [1.82, 2.24) is 5.32 Å². The molecule has 2 amide bonds. The van der Waals surface area contributed by atoms with E-state index >= 15 is 0 Å². The third-order valence-electron chi connectivity index (χ3n) is 4.43. The zero-order chi connectivity index (χ0) is 19.9. The lowest BCUT2D eigenvalue weighted by molar-refractivity contribution is -0.128. The van der Waals surface area contributed by atoms with E-state index in [-0.39, 0.29) is 18.4 Å². The van der Waals surface area contributed by atoms with Crippen LogP contribution in [-0.4, -0.2) is 37.6 Å². The first-order chi connectivity index (χ1) is 13.6. The fraction of sp³-hybridized carbons (Fsp3) is 0.333. The summed E-state index contributed by atoms with van der Waals surface area (Å²) >= 11 is 5.97. The van der Waals surface area contributed by atoms with Crippen LogP contribution in [0.3, 0.4) is 0 Å². The Labute approximate surface area is 169 Å². The van der Waals surface area contributed by atoms with Crippen molar-refractivity contribution < 1.29 is 14.3 Å². The van der Waals surface area contributed by atoms with Crippen LogP contribution in [0.5, 0.6) is 5.75 Å². The number of hydrogen-bond acceptors (Lipinski definition) is 4. The van der Waals surface area contributed by atoms with Crippen molar-refractivity contribution in [2.24, 2.45) is 0 Å². The van der Waals surface area contributed by atoms with Gasteiger partial charge in [0.2, 0.25) is 5.91 Å². The standard InChI is InChI=1S/C21H24ClN3O3/c1-2-3-11-23-21(27)19-13-25(17-9-4-5-10-18(17)28-19)14-20(26)24-16-8-6-7-15(22)12-16/h4-10,12,19H,2-3,11,13-14H2,1H3,(H,23,27)(H,24,26). The van der Waals surface area contributed by atoms with Crippen LogP contribution in [0.15, 0.2) is 48.5 Å². The first-order valence-corrected chi connectivity index (χ1v) is 9.78. The quantitative estimate of drug-likeness (QED) is 0.697. The summed E-state index contributed by atoms with van der Waals surface area (Å²) in [6.07, 6.45) is 1.26. The van der Waals surface area contributed by atoms with Crippen molar-refractivity contribution in [3.63, 3.8) is 0 Å². The molecule has 0 fully saturated rings. The molecule has 1 unspecified atom stereocenters. The molecular formula is C21H24ClN3O3. The van der Waals surface area contributed by atoms with Gasteiger partial charge >= 0.3 is 0 Å². The highest BCUT2D eigenvalue weighted by Crippen LogP contribution is 2.33. The summed E-state index contributed by atoms with van der Waals surface area (Å²) in [5, 5.41) is 6.29. The minimum absolute atomic E-state index is 0.103. The maximum Gasteiger partial charge on any atom is 0.262 e. The maximum absolute atomic E-state index is 12.6. The van der Waals surface area contributed by atoms with E-state index in [1.807, 2.05) is 29.2 Å². The molecule has 0 saturated heterocycles. The van der Waals surface area contributed by atoms with Crippen LogP contribution in [0.25, 0.3) is 0 Å². The number of anilines is 2. The van der Waals surface area contributed by atoms with Gasteiger partial charge in [-0.1, -0.05) is 43.1 Å². The fourth-order valence-corrected chi connectivity index (χ4v) is 3.23. The van der Waals surface area contributed by atoms with E-state index in [0.717, 1.165) is 18.5 Å². The number of para-hydroxylation sites is 2. The molecule has 0 spiro atoms. The third-order valence-corrected chi connectivity index (χ3v) is 4.66. The molecule has 28 heavy (non-hydrogen) atoms. The Morgan fingerprint density at radius 3 is 2.82 bits per heavy atom. The molecule has 2 aromatic carbocycles. The third kappa shape index (κ3) is 5.16. The molecule has 1 heterocycles. The zero-order valence-electron chi connectivity index (χ0n) is 15.8. The summed E-state index contributed by atoms with van der Waals surface area (Å²) in [5.41, 5.74) is 1.43. The SMILES string of the molecule is CCCCNC(=O)C1CN(CC(=O)Nc2cccc(Cl)c2)c2ccccc2O1. The summed E-state index contributed by atoms with van der Waals surface area (Å²) in [5.74, 6) is 0.243. The normalized spacial score (nSPS) is 15.4. The molecule has 0 saturated carbocycles. The second kappa shape index (κ2) is 9.46. The van der Waals surface area contributed by atoms with Gasteiger partial charge in [-0.15, -0.1) is 0 Å². The van der Waals surface area contributed by atoms with Crippen LogP contribution in [0, 0.1) is 0 Å². The molecule has 1 atom stereocenters. The number of hydrogen-bond donors (Lipinski definition) is 2. The number of halogens is 1. The molecule has 3 rings (SSSR count). The Balaban J connectivity index is 1.69. The average Bonchev–Trinajstić information content (AvgIpc) is 2.68. The summed E-state index contributed by atoms with van der Waals surface area (Å²) in [7, 11) is 0. The fourth-order valence-electron chi connectivity index (χ4n) is 3.04. The number of carbonyl (C=O) groups is 2. The van der Waals surface area contributed by atoms with Gasteiger partial charge in [-0.25, -0.2) is 0 Å². The van der Waals surface area contributed by atoms with Crippen molar-refractivity contribution in [2.45, 2.75) is 25.9 Å². The van der Waals surface area contributed by atoms with Gasteiger partial charge in [-0.05, 0) is 36.8 Å². The average molecular weight is 402 g/mol. The van der Waals surface area contributed by atoms with Crippen molar-refractivity contribution in [3.8, 4) is 5.75 Å².